The van der Waals surface area contributed by atoms with Gasteiger partial charge in [0.1, 0.15) is 23.0 Å². The Morgan fingerprint density at radius 2 is 1.53 bits per heavy atom. The van der Waals surface area contributed by atoms with Gasteiger partial charge in [-0.25, -0.2) is 4.79 Å². The number of halogens is 3. The van der Waals surface area contributed by atoms with Gasteiger partial charge in [-0.15, -0.1) is 0 Å². The highest BCUT2D eigenvalue weighted by molar-refractivity contribution is 5.83. The number of hydrogen-bond donors (Lipinski definition) is 1. The fraction of sp³-hybridized carbons (Fsp3) is 0.250. The molecule has 5 nitrogen and oxygen atoms in total. The van der Waals surface area contributed by atoms with Crippen molar-refractivity contribution in [3.63, 3.8) is 0 Å². The zero-order valence-corrected chi connectivity index (χ0v) is 17.7. The summed E-state index contributed by atoms with van der Waals surface area (Å²) in [5, 5.41) is 11.7. The van der Waals surface area contributed by atoms with Gasteiger partial charge in [-0.3, -0.25) is 5.32 Å². The Labute approximate surface area is 183 Å². The molecule has 0 bridgehead atoms. The van der Waals surface area contributed by atoms with E-state index in [4.69, 9.17) is 9.47 Å². The molecule has 1 aliphatic heterocycles. The summed E-state index contributed by atoms with van der Waals surface area (Å²) in [6, 6.07) is 17.7. The summed E-state index contributed by atoms with van der Waals surface area (Å²) in [4.78, 5) is 12.5. The molecule has 1 aliphatic rings. The standard InChI is InChI=1S/C24H21F3N2O3/c1-22(2,3)32-21(30)29-23(24(25,26)27)14-19(16-10-6-4-7-11-16)31-20(18(23)15-28)17-12-8-5-9-13-17/h4-14H,1-3H3,(H,29,30). The van der Waals surface area contributed by atoms with Gasteiger partial charge in [-0.05, 0) is 26.8 Å². The molecule has 3 rings (SSSR count). The van der Waals surface area contributed by atoms with Crippen LogP contribution in [-0.4, -0.2) is 23.4 Å². The van der Waals surface area contributed by atoms with Gasteiger partial charge in [-0.1, -0.05) is 60.7 Å². The van der Waals surface area contributed by atoms with Gasteiger partial charge in [0, 0.05) is 11.1 Å². The van der Waals surface area contributed by atoms with Crippen LogP contribution in [0, 0.1) is 11.3 Å². The molecule has 2 aromatic carbocycles. The first-order chi connectivity index (χ1) is 15.0. The molecule has 0 saturated heterocycles. The van der Waals surface area contributed by atoms with E-state index in [1.165, 1.54) is 32.9 Å². The van der Waals surface area contributed by atoms with Crippen molar-refractivity contribution in [2.24, 2.45) is 0 Å². The van der Waals surface area contributed by atoms with Gasteiger partial charge >= 0.3 is 12.3 Å². The SMILES string of the molecule is CC(C)(C)OC(=O)NC1(C(F)(F)F)C=C(c2ccccc2)OC(c2ccccc2)=C1C#N. The molecule has 1 N–H and O–H groups in total. The van der Waals surface area contributed by atoms with Crippen molar-refractivity contribution < 1.29 is 27.4 Å². The van der Waals surface area contributed by atoms with Crippen molar-refractivity contribution >= 4 is 17.6 Å². The average Bonchev–Trinajstić information content (AvgIpc) is 2.72. The molecule has 1 unspecified atom stereocenters. The first-order valence-corrected chi connectivity index (χ1v) is 9.71. The van der Waals surface area contributed by atoms with E-state index in [9.17, 15) is 23.2 Å². The zero-order valence-electron chi connectivity index (χ0n) is 17.7. The number of hydrogen-bond acceptors (Lipinski definition) is 4. The second kappa shape index (κ2) is 8.42. The molecule has 0 aliphatic carbocycles. The van der Waals surface area contributed by atoms with Crippen molar-refractivity contribution in [3.8, 4) is 6.07 Å². The normalized spacial score (nSPS) is 18.8. The van der Waals surface area contributed by atoms with E-state index in [1.54, 1.807) is 54.6 Å². The highest BCUT2D eigenvalue weighted by Gasteiger charge is 2.61. The van der Waals surface area contributed by atoms with Crippen LogP contribution in [-0.2, 0) is 9.47 Å². The molecule has 0 aromatic heterocycles. The highest BCUT2D eigenvalue weighted by atomic mass is 19.4. The van der Waals surface area contributed by atoms with Crippen LogP contribution in [0.3, 0.4) is 0 Å². The average molecular weight is 442 g/mol. The number of benzene rings is 2. The van der Waals surface area contributed by atoms with Crippen molar-refractivity contribution in [3.05, 3.63) is 83.4 Å². The van der Waals surface area contributed by atoms with Crippen LogP contribution in [0.1, 0.15) is 31.9 Å². The largest absolute Gasteiger partial charge is 0.455 e. The molecule has 8 heteroatoms. The quantitative estimate of drug-likeness (QED) is 0.650. The Bertz CT molecular complexity index is 1100. The van der Waals surface area contributed by atoms with Crippen LogP contribution >= 0.6 is 0 Å². The number of carbonyl (C=O) groups is 1. The Morgan fingerprint density at radius 3 is 2.00 bits per heavy atom. The lowest BCUT2D eigenvalue weighted by molar-refractivity contribution is -0.169. The van der Waals surface area contributed by atoms with Crippen molar-refractivity contribution in [1.82, 2.24) is 5.32 Å². The van der Waals surface area contributed by atoms with Crippen LogP contribution in [0.2, 0.25) is 0 Å². The lowest BCUT2D eigenvalue weighted by Gasteiger charge is -2.38. The Hall–Kier alpha value is -3.73. The number of nitrogens with zero attached hydrogens (tertiary/aromatic N) is 1. The highest BCUT2D eigenvalue weighted by Crippen LogP contribution is 2.46. The topological polar surface area (TPSA) is 71.3 Å². The van der Waals surface area contributed by atoms with Gasteiger partial charge in [-0.2, -0.15) is 18.4 Å². The lowest BCUT2D eigenvalue weighted by atomic mass is 9.83. The molecule has 2 aromatic rings. The predicted octanol–water partition coefficient (Wildman–Crippen LogP) is 5.82. The smallest absolute Gasteiger partial charge is 0.420 e. The molecule has 0 radical (unpaired) electrons. The van der Waals surface area contributed by atoms with E-state index in [2.05, 4.69) is 0 Å². The van der Waals surface area contributed by atoms with Crippen LogP contribution in [0.5, 0.6) is 0 Å². The maximum atomic E-state index is 14.6. The van der Waals surface area contributed by atoms with Crippen LogP contribution in [0.15, 0.2) is 72.3 Å². The second-order valence-electron chi connectivity index (χ2n) is 8.09. The first kappa shape index (κ1) is 22.9. The van der Waals surface area contributed by atoms with Gasteiger partial charge in [0.15, 0.2) is 5.76 Å². The number of ether oxygens (including phenoxy) is 2. The Morgan fingerprint density at radius 1 is 1.00 bits per heavy atom. The van der Waals surface area contributed by atoms with Gasteiger partial charge in [0.05, 0.1) is 0 Å². The fourth-order valence-corrected chi connectivity index (χ4v) is 3.17. The summed E-state index contributed by atoms with van der Waals surface area (Å²) >= 11 is 0. The number of alkyl halides is 3. The molecular formula is C24H21F3N2O3. The number of carbonyl (C=O) groups excluding carboxylic acids is 1. The van der Waals surface area contributed by atoms with Gasteiger partial charge < -0.3 is 9.47 Å². The maximum absolute atomic E-state index is 14.6. The Balaban J connectivity index is 2.28. The van der Waals surface area contributed by atoms with Gasteiger partial charge in [0.2, 0.25) is 5.54 Å². The molecule has 1 atom stereocenters. The van der Waals surface area contributed by atoms with E-state index >= 15 is 0 Å². The molecular weight excluding hydrogens is 421 g/mol. The van der Waals surface area contributed by atoms with Crippen molar-refractivity contribution in [1.29, 1.82) is 5.26 Å². The molecule has 32 heavy (non-hydrogen) atoms. The van der Waals surface area contributed by atoms with E-state index in [1.807, 2.05) is 5.32 Å². The van der Waals surface area contributed by atoms with Crippen molar-refractivity contribution in [2.75, 3.05) is 0 Å². The minimum Gasteiger partial charge on any atom is -0.455 e. The molecule has 0 spiro atoms. The van der Waals surface area contributed by atoms with Crippen LogP contribution < -0.4 is 5.32 Å². The van der Waals surface area contributed by atoms with E-state index in [0.717, 1.165) is 0 Å². The third-order valence-electron chi connectivity index (χ3n) is 4.53. The van der Waals surface area contributed by atoms with Crippen LogP contribution in [0.4, 0.5) is 18.0 Å². The minimum atomic E-state index is -5.08. The maximum Gasteiger partial charge on any atom is 0.420 e. The van der Waals surface area contributed by atoms with Crippen LogP contribution in [0.25, 0.3) is 11.5 Å². The number of alkyl carbamates (subject to hydrolysis) is 1. The number of nitrogens with one attached hydrogen (secondary N) is 1. The van der Waals surface area contributed by atoms with Gasteiger partial charge in [0.25, 0.3) is 0 Å². The minimum absolute atomic E-state index is 0.156. The predicted molar refractivity (Wildman–Crippen MR) is 113 cm³/mol. The second-order valence-corrected chi connectivity index (χ2v) is 8.09. The summed E-state index contributed by atoms with van der Waals surface area (Å²) in [6.07, 6.45) is -5.70. The summed E-state index contributed by atoms with van der Waals surface area (Å²) in [5.41, 5.74) is -4.42. The third kappa shape index (κ3) is 4.62. The molecule has 0 fully saturated rings. The fourth-order valence-electron chi connectivity index (χ4n) is 3.17. The van der Waals surface area contributed by atoms with E-state index < -0.39 is 29.0 Å². The first-order valence-electron chi connectivity index (χ1n) is 9.71. The molecule has 166 valence electrons. The summed E-state index contributed by atoms with van der Waals surface area (Å²) in [7, 11) is 0. The number of nitriles is 1. The van der Waals surface area contributed by atoms with Crippen molar-refractivity contribution in [2.45, 2.75) is 38.1 Å². The number of rotatable bonds is 3. The summed E-state index contributed by atoms with van der Waals surface area (Å²) in [6.45, 7) is 4.58. The third-order valence-corrected chi connectivity index (χ3v) is 4.53. The Kier molecular flexibility index (Phi) is 6.04. The van der Waals surface area contributed by atoms with E-state index in [0.29, 0.717) is 11.6 Å². The monoisotopic (exact) mass is 442 g/mol. The molecule has 1 amide bonds. The van der Waals surface area contributed by atoms with E-state index in [-0.39, 0.29) is 17.1 Å². The molecule has 0 saturated carbocycles. The molecule has 1 heterocycles. The summed E-state index contributed by atoms with van der Waals surface area (Å²) in [5.74, 6) is -0.459. The number of amides is 1. The summed E-state index contributed by atoms with van der Waals surface area (Å²) < 4.78 is 54.9. The lowest BCUT2D eigenvalue weighted by Crippen LogP contribution is -2.60. The zero-order chi connectivity index (χ0) is 23.6.